The van der Waals surface area contributed by atoms with Crippen LogP contribution in [-0.2, 0) is 0 Å². The quantitative estimate of drug-likeness (QED) is 0.505. The second-order valence-electron chi connectivity index (χ2n) is 5.00. The van der Waals surface area contributed by atoms with Crippen LogP contribution in [-0.4, -0.2) is 15.2 Å². The van der Waals surface area contributed by atoms with E-state index in [0.29, 0.717) is 10.9 Å². The first-order valence-corrected chi connectivity index (χ1v) is 7.71. The summed E-state index contributed by atoms with van der Waals surface area (Å²) in [5.41, 5.74) is 3.49. The van der Waals surface area contributed by atoms with Crippen molar-refractivity contribution in [1.82, 2.24) is 15.2 Å². The molecule has 0 aliphatic carbocycles. The number of aromatic amines is 1. The van der Waals surface area contributed by atoms with Gasteiger partial charge in [0.05, 0.1) is 16.8 Å². The minimum absolute atomic E-state index is 0.244. The molecule has 4 aromatic rings. The van der Waals surface area contributed by atoms with Crippen LogP contribution >= 0.6 is 23.8 Å². The monoisotopic (exact) mass is 339 g/mol. The summed E-state index contributed by atoms with van der Waals surface area (Å²) in [6.45, 7) is 0. The third-order valence-corrected chi connectivity index (χ3v) is 3.95. The topological polar surface area (TPSA) is 54.7 Å². The molecule has 0 amide bonds. The summed E-state index contributed by atoms with van der Waals surface area (Å²) in [5, 5.41) is 8.44. The van der Waals surface area contributed by atoms with Crippen molar-refractivity contribution in [3.8, 4) is 22.7 Å². The molecule has 2 heterocycles. The van der Waals surface area contributed by atoms with Crippen molar-refractivity contribution in [2.45, 2.75) is 0 Å². The van der Waals surface area contributed by atoms with E-state index in [1.165, 1.54) is 0 Å². The fourth-order valence-electron chi connectivity index (χ4n) is 2.47. The zero-order chi connectivity index (χ0) is 15.8. The molecule has 0 spiro atoms. The number of pyridine rings is 1. The SMILES string of the molecule is S=c1[nH]nc(-c2cc(-c3ccc(Cl)cc3)nc3ccccc23)o1. The Morgan fingerprint density at radius 1 is 1.04 bits per heavy atom. The molecular weight excluding hydrogens is 330 g/mol. The largest absolute Gasteiger partial charge is 0.409 e. The molecule has 0 saturated carbocycles. The fourth-order valence-corrected chi connectivity index (χ4v) is 2.72. The minimum atomic E-state index is 0.244. The standard InChI is InChI=1S/C17H10ClN3OS/c18-11-7-5-10(6-8-11)15-9-13(16-20-21-17(23)22-16)12-3-1-2-4-14(12)19-15/h1-9H,(H,21,23). The molecule has 0 radical (unpaired) electrons. The molecule has 4 nitrogen and oxygen atoms in total. The van der Waals surface area contributed by atoms with Gasteiger partial charge in [-0.1, -0.05) is 41.9 Å². The van der Waals surface area contributed by atoms with Crippen LogP contribution in [0.2, 0.25) is 5.02 Å². The first-order chi connectivity index (χ1) is 11.2. The highest BCUT2D eigenvalue weighted by Gasteiger charge is 2.13. The van der Waals surface area contributed by atoms with Gasteiger partial charge in [-0.2, -0.15) is 0 Å². The lowest BCUT2D eigenvalue weighted by Crippen LogP contribution is -1.90. The van der Waals surface area contributed by atoms with Crippen LogP contribution in [0, 0.1) is 4.84 Å². The summed E-state index contributed by atoms with van der Waals surface area (Å²) in [5.74, 6) is 0.448. The summed E-state index contributed by atoms with van der Waals surface area (Å²) in [7, 11) is 0. The summed E-state index contributed by atoms with van der Waals surface area (Å²) in [4.78, 5) is 4.96. The van der Waals surface area contributed by atoms with Crippen LogP contribution in [0.15, 0.2) is 59.0 Å². The predicted molar refractivity (Wildman–Crippen MR) is 92.9 cm³/mol. The second-order valence-corrected chi connectivity index (χ2v) is 5.80. The maximum Gasteiger partial charge on any atom is 0.284 e. The van der Waals surface area contributed by atoms with Crippen molar-refractivity contribution in [1.29, 1.82) is 0 Å². The van der Waals surface area contributed by atoms with Crippen LogP contribution in [0.25, 0.3) is 33.6 Å². The van der Waals surface area contributed by atoms with E-state index in [0.717, 1.165) is 27.7 Å². The minimum Gasteiger partial charge on any atom is -0.409 e. The van der Waals surface area contributed by atoms with Crippen molar-refractivity contribution in [3.63, 3.8) is 0 Å². The lowest BCUT2D eigenvalue weighted by molar-refractivity contribution is 0.552. The smallest absolute Gasteiger partial charge is 0.284 e. The number of benzene rings is 2. The maximum atomic E-state index is 5.96. The van der Waals surface area contributed by atoms with Crippen LogP contribution in [0.3, 0.4) is 0 Å². The van der Waals surface area contributed by atoms with Crippen molar-refractivity contribution in [2.24, 2.45) is 0 Å². The molecule has 23 heavy (non-hydrogen) atoms. The molecule has 0 bridgehead atoms. The maximum absolute atomic E-state index is 5.96. The Morgan fingerprint density at radius 3 is 2.57 bits per heavy atom. The van der Waals surface area contributed by atoms with Gasteiger partial charge in [0.2, 0.25) is 5.89 Å². The third kappa shape index (κ3) is 2.65. The van der Waals surface area contributed by atoms with Gasteiger partial charge in [-0.15, -0.1) is 5.10 Å². The fraction of sp³-hybridized carbons (Fsp3) is 0. The highest BCUT2D eigenvalue weighted by molar-refractivity contribution is 7.71. The molecule has 6 heteroatoms. The number of hydrogen-bond donors (Lipinski definition) is 1. The molecule has 0 fully saturated rings. The van der Waals surface area contributed by atoms with Gasteiger partial charge in [-0.25, -0.2) is 10.1 Å². The highest BCUT2D eigenvalue weighted by Crippen LogP contribution is 2.31. The Kier molecular flexibility index (Phi) is 3.44. The van der Waals surface area contributed by atoms with E-state index in [-0.39, 0.29) is 4.84 Å². The average molecular weight is 340 g/mol. The number of fused-ring (bicyclic) bond motifs is 1. The van der Waals surface area contributed by atoms with Gasteiger partial charge < -0.3 is 4.42 Å². The number of rotatable bonds is 2. The Labute approximate surface area is 141 Å². The molecule has 0 aliphatic heterocycles. The summed E-state index contributed by atoms with van der Waals surface area (Å²) < 4.78 is 5.49. The van der Waals surface area contributed by atoms with E-state index in [4.69, 9.17) is 33.2 Å². The van der Waals surface area contributed by atoms with Crippen molar-refractivity contribution in [2.75, 3.05) is 0 Å². The molecule has 112 valence electrons. The average Bonchev–Trinajstić information content (AvgIpc) is 3.01. The summed E-state index contributed by atoms with van der Waals surface area (Å²) in [6, 6.07) is 17.3. The number of para-hydroxylation sites is 1. The third-order valence-electron chi connectivity index (χ3n) is 3.52. The summed E-state index contributed by atoms with van der Waals surface area (Å²) >= 11 is 10.9. The summed E-state index contributed by atoms with van der Waals surface area (Å²) in [6.07, 6.45) is 0. The lowest BCUT2D eigenvalue weighted by Gasteiger charge is -2.07. The Balaban J connectivity index is 2.00. The van der Waals surface area contributed by atoms with E-state index >= 15 is 0 Å². The molecule has 2 aromatic carbocycles. The van der Waals surface area contributed by atoms with Crippen molar-refractivity contribution < 1.29 is 4.42 Å². The van der Waals surface area contributed by atoms with Crippen molar-refractivity contribution in [3.05, 3.63) is 64.5 Å². The number of H-pyrrole nitrogens is 1. The Morgan fingerprint density at radius 2 is 1.83 bits per heavy atom. The molecule has 0 unspecified atom stereocenters. The van der Waals surface area contributed by atoms with Crippen molar-refractivity contribution >= 4 is 34.7 Å². The predicted octanol–water partition coefficient (Wildman–Crippen LogP) is 5.27. The van der Waals surface area contributed by atoms with Crippen LogP contribution in [0.4, 0.5) is 0 Å². The number of nitrogens with one attached hydrogen (secondary N) is 1. The number of nitrogens with zero attached hydrogens (tertiary/aromatic N) is 2. The van der Waals surface area contributed by atoms with Gasteiger partial charge >= 0.3 is 0 Å². The molecule has 0 saturated heterocycles. The van der Waals surface area contributed by atoms with Crippen LogP contribution in [0.5, 0.6) is 0 Å². The molecule has 0 atom stereocenters. The normalized spacial score (nSPS) is 11.0. The molecule has 4 rings (SSSR count). The zero-order valence-electron chi connectivity index (χ0n) is 11.8. The van der Waals surface area contributed by atoms with Gasteiger partial charge in [-0.3, -0.25) is 0 Å². The Bertz CT molecular complexity index is 1050. The second kappa shape index (κ2) is 5.61. The lowest BCUT2D eigenvalue weighted by atomic mass is 10.0. The van der Waals surface area contributed by atoms with Gasteiger partial charge in [0, 0.05) is 16.0 Å². The van der Waals surface area contributed by atoms with E-state index in [1.54, 1.807) is 0 Å². The van der Waals surface area contributed by atoms with E-state index < -0.39 is 0 Å². The highest BCUT2D eigenvalue weighted by atomic mass is 35.5. The van der Waals surface area contributed by atoms with E-state index in [1.807, 2.05) is 54.6 Å². The van der Waals surface area contributed by atoms with Gasteiger partial charge in [0.15, 0.2) is 0 Å². The van der Waals surface area contributed by atoms with Gasteiger partial charge in [0.1, 0.15) is 0 Å². The first-order valence-electron chi connectivity index (χ1n) is 6.92. The molecule has 0 aliphatic rings. The number of halogens is 1. The van der Waals surface area contributed by atoms with Crippen LogP contribution in [0.1, 0.15) is 0 Å². The molecular formula is C17H10ClN3OS. The Hall–Kier alpha value is -2.50. The van der Waals surface area contributed by atoms with Gasteiger partial charge in [0.25, 0.3) is 4.84 Å². The molecule has 2 aromatic heterocycles. The van der Waals surface area contributed by atoms with E-state index in [2.05, 4.69) is 10.2 Å². The number of aromatic nitrogens is 3. The van der Waals surface area contributed by atoms with Gasteiger partial charge in [-0.05, 0) is 36.5 Å². The number of hydrogen-bond acceptors (Lipinski definition) is 4. The van der Waals surface area contributed by atoms with E-state index in [9.17, 15) is 0 Å². The molecule has 1 N–H and O–H groups in total. The first kappa shape index (κ1) is 14.1. The van der Waals surface area contributed by atoms with Crippen LogP contribution < -0.4 is 0 Å². The zero-order valence-corrected chi connectivity index (χ0v) is 13.4.